The number of alkyl halides is 3. The molecular weight excluding hydrogens is 565 g/mol. The lowest BCUT2D eigenvalue weighted by molar-refractivity contribution is -0.137. The number of carbonyl (C=O) groups excluding carboxylic acids is 2. The van der Waals surface area contributed by atoms with E-state index in [9.17, 15) is 27.9 Å². The number of morpholine rings is 1. The molecular formula is C31H41F3N4O5. The zero-order chi connectivity index (χ0) is 31.1. The van der Waals surface area contributed by atoms with Gasteiger partial charge in [-0.3, -0.25) is 19.4 Å². The summed E-state index contributed by atoms with van der Waals surface area (Å²) < 4.78 is 50.7. The number of amides is 2. The minimum absolute atomic E-state index is 0.124. The van der Waals surface area contributed by atoms with Crippen molar-refractivity contribution in [2.24, 2.45) is 5.92 Å². The quantitative estimate of drug-likeness (QED) is 0.426. The normalized spacial score (nSPS) is 20.7. The number of likely N-dealkylation sites (N-methyl/N-ethyl adjacent to an activating group) is 1. The van der Waals surface area contributed by atoms with Gasteiger partial charge >= 0.3 is 6.18 Å². The van der Waals surface area contributed by atoms with E-state index >= 15 is 0 Å². The molecule has 2 aromatic carbocycles. The molecule has 1 saturated heterocycles. The van der Waals surface area contributed by atoms with E-state index in [1.807, 2.05) is 18.9 Å². The van der Waals surface area contributed by atoms with Gasteiger partial charge in [0.2, 0.25) is 5.91 Å². The average Bonchev–Trinajstić information content (AvgIpc) is 2.98. The van der Waals surface area contributed by atoms with Gasteiger partial charge in [0.15, 0.2) is 0 Å². The number of nitrogens with one attached hydrogen (secondary N) is 1. The summed E-state index contributed by atoms with van der Waals surface area (Å²) in [4.78, 5) is 32.1. The lowest BCUT2D eigenvalue weighted by atomic mass is 9.99. The third-order valence-corrected chi connectivity index (χ3v) is 7.93. The van der Waals surface area contributed by atoms with Crippen LogP contribution < -0.4 is 10.1 Å². The number of aliphatic hydroxyl groups is 1. The van der Waals surface area contributed by atoms with Crippen molar-refractivity contribution in [2.45, 2.75) is 45.1 Å². The van der Waals surface area contributed by atoms with E-state index in [0.29, 0.717) is 57.3 Å². The molecule has 4 rings (SSSR count). The van der Waals surface area contributed by atoms with Crippen LogP contribution in [0.4, 0.5) is 18.9 Å². The molecule has 2 N–H and O–H groups in total. The molecule has 2 aliphatic heterocycles. The van der Waals surface area contributed by atoms with E-state index < -0.39 is 17.8 Å². The zero-order valence-corrected chi connectivity index (χ0v) is 24.9. The summed E-state index contributed by atoms with van der Waals surface area (Å²) in [7, 11) is 1.86. The highest BCUT2D eigenvalue weighted by molar-refractivity contribution is 6.00. The Balaban J connectivity index is 1.48. The number of fused-ring (bicyclic) bond motifs is 1. The van der Waals surface area contributed by atoms with E-state index in [1.165, 1.54) is 12.1 Å². The molecule has 236 valence electrons. The van der Waals surface area contributed by atoms with Gasteiger partial charge < -0.3 is 24.8 Å². The maximum Gasteiger partial charge on any atom is 0.416 e. The van der Waals surface area contributed by atoms with Crippen molar-refractivity contribution >= 4 is 17.5 Å². The van der Waals surface area contributed by atoms with E-state index in [0.717, 1.165) is 30.8 Å². The summed E-state index contributed by atoms with van der Waals surface area (Å²) in [6, 6.07) is 9.63. The lowest BCUT2D eigenvalue weighted by Crippen LogP contribution is -2.49. The van der Waals surface area contributed by atoms with Gasteiger partial charge in [-0.1, -0.05) is 19.1 Å². The first kappa shape index (κ1) is 32.7. The van der Waals surface area contributed by atoms with Gasteiger partial charge in [-0.05, 0) is 49.9 Å². The van der Waals surface area contributed by atoms with Crippen molar-refractivity contribution < 1.29 is 37.3 Å². The molecule has 0 spiro atoms. The van der Waals surface area contributed by atoms with Crippen molar-refractivity contribution in [3.8, 4) is 5.75 Å². The Morgan fingerprint density at radius 1 is 1.16 bits per heavy atom. The van der Waals surface area contributed by atoms with Crippen molar-refractivity contribution in [3.05, 3.63) is 59.2 Å². The first-order valence-corrected chi connectivity index (χ1v) is 14.6. The van der Waals surface area contributed by atoms with E-state index in [-0.39, 0.29) is 36.0 Å². The van der Waals surface area contributed by atoms with Crippen LogP contribution in [0.1, 0.15) is 41.8 Å². The topological polar surface area (TPSA) is 94.6 Å². The molecule has 0 bridgehead atoms. The highest BCUT2D eigenvalue weighted by atomic mass is 19.4. The summed E-state index contributed by atoms with van der Waals surface area (Å²) in [5, 5.41) is 12.8. The number of aliphatic hydroxyl groups excluding tert-OH is 1. The number of anilines is 1. The fourth-order valence-electron chi connectivity index (χ4n) is 5.31. The van der Waals surface area contributed by atoms with Gasteiger partial charge in [-0.25, -0.2) is 0 Å². The third kappa shape index (κ3) is 8.91. The molecule has 0 radical (unpaired) electrons. The molecule has 0 saturated carbocycles. The molecule has 0 aromatic heterocycles. The number of benzene rings is 2. The van der Waals surface area contributed by atoms with Crippen LogP contribution in [0.3, 0.4) is 0 Å². The number of carbonyl (C=O) groups is 2. The molecule has 43 heavy (non-hydrogen) atoms. The summed E-state index contributed by atoms with van der Waals surface area (Å²) in [5.74, 6) is -0.223. The highest BCUT2D eigenvalue weighted by Crippen LogP contribution is 2.32. The van der Waals surface area contributed by atoms with Crippen LogP contribution in [0.2, 0.25) is 0 Å². The smallest absolute Gasteiger partial charge is 0.416 e. The molecule has 9 nitrogen and oxygen atoms in total. The second-order valence-electron chi connectivity index (χ2n) is 11.5. The molecule has 2 heterocycles. The van der Waals surface area contributed by atoms with Crippen LogP contribution in [0.15, 0.2) is 42.5 Å². The third-order valence-electron chi connectivity index (χ3n) is 7.93. The first-order valence-electron chi connectivity index (χ1n) is 14.6. The Bertz CT molecular complexity index is 1240. The fourth-order valence-corrected chi connectivity index (χ4v) is 5.31. The van der Waals surface area contributed by atoms with E-state index in [2.05, 4.69) is 10.2 Å². The van der Waals surface area contributed by atoms with Crippen LogP contribution in [-0.2, 0) is 22.3 Å². The lowest BCUT2D eigenvalue weighted by Gasteiger charge is -2.38. The second kappa shape index (κ2) is 14.5. The van der Waals surface area contributed by atoms with Crippen molar-refractivity contribution in [2.75, 3.05) is 64.9 Å². The van der Waals surface area contributed by atoms with Crippen LogP contribution in [0, 0.1) is 5.92 Å². The molecule has 0 aliphatic carbocycles. The molecule has 2 aromatic rings. The van der Waals surface area contributed by atoms with Gasteiger partial charge in [0.05, 0.1) is 37.0 Å². The number of nitrogens with zero attached hydrogens (tertiary/aromatic N) is 3. The summed E-state index contributed by atoms with van der Waals surface area (Å²) in [5.41, 5.74) is 0.800. The molecule has 12 heteroatoms. The Morgan fingerprint density at radius 2 is 1.86 bits per heavy atom. The van der Waals surface area contributed by atoms with Crippen molar-refractivity contribution in [1.29, 1.82) is 0 Å². The Morgan fingerprint density at radius 3 is 2.51 bits per heavy atom. The number of rotatable bonds is 10. The number of halogens is 3. The predicted octanol–water partition coefficient (Wildman–Crippen LogP) is 3.72. The Hall–Kier alpha value is -3.19. The summed E-state index contributed by atoms with van der Waals surface area (Å²) in [6.45, 7) is 8.20. The monoisotopic (exact) mass is 606 g/mol. The standard InChI is InChI=1S/C31H41F3N4O5/c1-21-17-38(22(2)20-39)30(41)26-16-25(35-29(40)10-11-37-12-14-42-15-13-37)8-9-27(26)43-28(21)19-36(3)18-23-4-6-24(7-5-23)31(32,33)34/h4-9,16,21-22,28,39H,10-15,17-20H2,1-3H3,(H,35,40)/t21-,22+,28+/m0/s1. The van der Waals surface area contributed by atoms with Gasteiger partial charge in [0.1, 0.15) is 11.9 Å². The maximum absolute atomic E-state index is 13.7. The summed E-state index contributed by atoms with van der Waals surface area (Å²) in [6.07, 6.45) is -4.45. The van der Waals surface area contributed by atoms with Crippen LogP contribution in [0.5, 0.6) is 5.75 Å². The van der Waals surface area contributed by atoms with Gasteiger partial charge in [-0.2, -0.15) is 13.2 Å². The van der Waals surface area contributed by atoms with Crippen molar-refractivity contribution in [3.63, 3.8) is 0 Å². The molecule has 3 atom stereocenters. The fraction of sp³-hybridized carbons (Fsp3) is 0.548. The minimum Gasteiger partial charge on any atom is -0.488 e. The Labute approximate surface area is 250 Å². The first-order chi connectivity index (χ1) is 20.4. The minimum atomic E-state index is -4.39. The predicted molar refractivity (Wildman–Crippen MR) is 156 cm³/mol. The molecule has 2 aliphatic rings. The number of hydrogen-bond acceptors (Lipinski definition) is 7. The van der Waals surface area contributed by atoms with Gasteiger partial charge in [0.25, 0.3) is 5.91 Å². The van der Waals surface area contributed by atoms with Gasteiger partial charge in [0, 0.05) is 57.3 Å². The zero-order valence-electron chi connectivity index (χ0n) is 24.9. The van der Waals surface area contributed by atoms with Crippen LogP contribution in [-0.4, -0.2) is 103 Å². The molecule has 2 amide bonds. The van der Waals surface area contributed by atoms with Crippen LogP contribution >= 0.6 is 0 Å². The SMILES string of the molecule is C[C@H](CO)N1C[C@H](C)[C@@H](CN(C)Cc2ccc(C(F)(F)F)cc2)Oc2ccc(NC(=O)CCN3CCOCC3)cc2C1=O. The molecule has 0 unspecified atom stereocenters. The summed E-state index contributed by atoms with van der Waals surface area (Å²) >= 11 is 0. The van der Waals surface area contributed by atoms with Gasteiger partial charge in [-0.15, -0.1) is 0 Å². The van der Waals surface area contributed by atoms with E-state index in [4.69, 9.17) is 9.47 Å². The van der Waals surface area contributed by atoms with Crippen molar-refractivity contribution in [1.82, 2.24) is 14.7 Å². The Kier molecular flexibility index (Phi) is 11.0. The maximum atomic E-state index is 13.7. The highest BCUT2D eigenvalue weighted by Gasteiger charge is 2.34. The molecule has 1 fully saturated rings. The average molecular weight is 607 g/mol. The largest absolute Gasteiger partial charge is 0.488 e. The second-order valence-corrected chi connectivity index (χ2v) is 11.5. The number of hydrogen-bond donors (Lipinski definition) is 2. The van der Waals surface area contributed by atoms with Crippen LogP contribution in [0.25, 0.3) is 0 Å². The van der Waals surface area contributed by atoms with E-state index in [1.54, 1.807) is 30.0 Å². The number of ether oxygens (including phenoxy) is 2.